The van der Waals surface area contributed by atoms with Crippen LogP contribution in [0.15, 0.2) is 49.3 Å². The number of amides is 1. The number of rotatable bonds is 6. The second kappa shape index (κ2) is 7.65. The molecule has 25 heavy (non-hydrogen) atoms. The summed E-state index contributed by atoms with van der Waals surface area (Å²) in [5, 5.41) is 0. The van der Waals surface area contributed by atoms with Crippen molar-refractivity contribution in [1.82, 2.24) is 29.4 Å². The summed E-state index contributed by atoms with van der Waals surface area (Å²) >= 11 is 0. The largest absolute Gasteiger partial charge is 0.342 e. The highest BCUT2D eigenvalue weighted by atomic mass is 16.2. The van der Waals surface area contributed by atoms with Crippen LogP contribution in [0.5, 0.6) is 0 Å². The van der Waals surface area contributed by atoms with Gasteiger partial charge in [0.2, 0.25) is 0 Å². The molecular weight excluding hydrogens is 316 g/mol. The highest BCUT2D eigenvalue weighted by Crippen LogP contribution is 2.13. The standard InChI is InChI=1S/C18H20N6O/c1-23-11-9-20-16(23)4-3-10-24(2)18(25)15-12-21-17(22-13-15)14-5-7-19-8-6-14/h5-9,11-13H,3-4,10H2,1-2H3. The van der Waals surface area contributed by atoms with Crippen LogP contribution in [0.3, 0.4) is 0 Å². The summed E-state index contributed by atoms with van der Waals surface area (Å²) in [6.45, 7) is 0.651. The van der Waals surface area contributed by atoms with E-state index in [2.05, 4.69) is 19.9 Å². The van der Waals surface area contributed by atoms with E-state index in [1.807, 2.05) is 29.9 Å². The Morgan fingerprint density at radius 2 is 1.84 bits per heavy atom. The Bertz CT molecular complexity index is 828. The quantitative estimate of drug-likeness (QED) is 0.688. The molecule has 3 aromatic heterocycles. The molecule has 0 saturated heterocycles. The zero-order valence-corrected chi connectivity index (χ0v) is 14.3. The van der Waals surface area contributed by atoms with Crippen LogP contribution in [0.25, 0.3) is 11.4 Å². The van der Waals surface area contributed by atoms with Gasteiger partial charge in [0.25, 0.3) is 5.91 Å². The third-order valence-electron chi connectivity index (χ3n) is 4.00. The molecule has 0 saturated carbocycles. The van der Waals surface area contributed by atoms with Crippen molar-refractivity contribution in [3.05, 3.63) is 60.7 Å². The first-order chi connectivity index (χ1) is 12.1. The molecule has 7 nitrogen and oxygen atoms in total. The van der Waals surface area contributed by atoms with Gasteiger partial charge in [0.15, 0.2) is 5.82 Å². The average Bonchev–Trinajstić information content (AvgIpc) is 3.07. The van der Waals surface area contributed by atoms with Gasteiger partial charge in [0.05, 0.1) is 5.56 Å². The van der Waals surface area contributed by atoms with E-state index in [0.717, 1.165) is 24.2 Å². The van der Waals surface area contributed by atoms with E-state index in [4.69, 9.17) is 0 Å². The molecule has 0 radical (unpaired) electrons. The summed E-state index contributed by atoms with van der Waals surface area (Å²) < 4.78 is 1.99. The third-order valence-corrected chi connectivity index (χ3v) is 4.00. The maximum Gasteiger partial charge on any atom is 0.256 e. The van der Waals surface area contributed by atoms with Crippen LogP contribution in [0.4, 0.5) is 0 Å². The van der Waals surface area contributed by atoms with Crippen LogP contribution in [0.1, 0.15) is 22.6 Å². The Balaban J connectivity index is 1.57. The summed E-state index contributed by atoms with van der Waals surface area (Å²) in [6, 6.07) is 3.67. The Kier molecular flexibility index (Phi) is 5.13. The number of hydrogen-bond donors (Lipinski definition) is 0. The molecular formula is C18H20N6O. The Labute approximate surface area is 146 Å². The second-order valence-corrected chi connectivity index (χ2v) is 5.82. The first kappa shape index (κ1) is 16.8. The smallest absolute Gasteiger partial charge is 0.256 e. The van der Waals surface area contributed by atoms with E-state index in [1.54, 1.807) is 42.9 Å². The van der Waals surface area contributed by atoms with Gasteiger partial charge >= 0.3 is 0 Å². The minimum absolute atomic E-state index is 0.0823. The number of imidazole rings is 1. The second-order valence-electron chi connectivity index (χ2n) is 5.82. The lowest BCUT2D eigenvalue weighted by molar-refractivity contribution is 0.0792. The summed E-state index contributed by atoms with van der Waals surface area (Å²) in [5.41, 5.74) is 1.36. The fourth-order valence-electron chi connectivity index (χ4n) is 2.52. The molecule has 0 spiro atoms. The number of carbonyl (C=O) groups excluding carboxylic acids is 1. The lowest BCUT2D eigenvalue weighted by atomic mass is 10.2. The van der Waals surface area contributed by atoms with Gasteiger partial charge < -0.3 is 9.47 Å². The molecule has 3 aromatic rings. The fourth-order valence-corrected chi connectivity index (χ4v) is 2.52. The Morgan fingerprint density at radius 1 is 1.12 bits per heavy atom. The van der Waals surface area contributed by atoms with Crippen LogP contribution in [-0.4, -0.2) is 48.9 Å². The van der Waals surface area contributed by atoms with Gasteiger partial charge in [-0.25, -0.2) is 15.0 Å². The SMILES string of the molecule is CN(CCCc1nccn1C)C(=O)c1cnc(-c2ccncc2)nc1. The molecule has 0 bridgehead atoms. The number of carbonyl (C=O) groups is 1. The van der Waals surface area contributed by atoms with Crippen molar-refractivity contribution in [2.75, 3.05) is 13.6 Å². The van der Waals surface area contributed by atoms with E-state index in [0.29, 0.717) is 17.9 Å². The van der Waals surface area contributed by atoms with Crippen molar-refractivity contribution >= 4 is 5.91 Å². The molecule has 0 aromatic carbocycles. The highest BCUT2D eigenvalue weighted by Gasteiger charge is 2.13. The van der Waals surface area contributed by atoms with E-state index in [9.17, 15) is 4.79 Å². The summed E-state index contributed by atoms with van der Waals surface area (Å²) in [7, 11) is 3.76. The van der Waals surface area contributed by atoms with Crippen molar-refractivity contribution in [2.24, 2.45) is 7.05 Å². The zero-order chi connectivity index (χ0) is 17.6. The minimum Gasteiger partial charge on any atom is -0.342 e. The molecule has 1 amide bonds. The van der Waals surface area contributed by atoms with Crippen LogP contribution in [0.2, 0.25) is 0 Å². The van der Waals surface area contributed by atoms with Gasteiger partial charge in [-0.3, -0.25) is 9.78 Å². The molecule has 7 heteroatoms. The third kappa shape index (κ3) is 4.06. The molecule has 128 valence electrons. The molecule has 0 aliphatic heterocycles. The topological polar surface area (TPSA) is 76.8 Å². The van der Waals surface area contributed by atoms with Gasteiger partial charge in [-0.15, -0.1) is 0 Å². The number of aryl methyl sites for hydroxylation is 2. The van der Waals surface area contributed by atoms with Crippen molar-refractivity contribution in [3.63, 3.8) is 0 Å². The first-order valence-corrected chi connectivity index (χ1v) is 8.09. The average molecular weight is 336 g/mol. The normalized spacial score (nSPS) is 10.6. The maximum absolute atomic E-state index is 12.5. The van der Waals surface area contributed by atoms with Crippen molar-refractivity contribution in [1.29, 1.82) is 0 Å². The van der Waals surface area contributed by atoms with E-state index in [1.165, 1.54) is 0 Å². The lowest BCUT2D eigenvalue weighted by Gasteiger charge is -2.16. The van der Waals surface area contributed by atoms with Crippen LogP contribution >= 0.6 is 0 Å². The van der Waals surface area contributed by atoms with E-state index >= 15 is 0 Å². The molecule has 0 atom stereocenters. The van der Waals surface area contributed by atoms with E-state index < -0.39 is 0 Å². The molecule has 0 N–H and O–H groups in total. The molecule has 0 fully saturated rings. The predicted octanol–water partition coefficient (Wildman–Crippen LogP) is 1.98. The van der Waals surface area contributed by atoms with Gasteiger partial charge in [0.1, 0.15) is 5.82 Å². The molecule has 3 rings (SSSR count). The number of aromatic nitrogens is 5. The number of nitrogens with zero attached hydrogens (tertiary/aromatic N) is 6. The monoisotopic (exact) mass is 336 g/mol. The highest BCUT2D eigenvalue weighted by molar-refractivity contribution is 5.93. The molecule has 0 aliphatic rings. The lowest BCUT2D eigenvalue weighted by Crippen LogP contribution is -2.28. The Hall–Kier alpha value is -3.09. The summed E-state index contributed by atoms with van der Waals surface area (Å²) in [5.74, 6) is 1.52. The predicted molar refractivity (Wildman–Crippen MR) is 93.8 cm³/mol. The maximum atomic E-state index is 12.5. The molecule has 0 unspecified atom stereocenters. The van der Waals surface area contributed by atoms with Crippen LogP contribution < -0.4 is 0 Å². The van der Waals surface area contributed by atoms with Crippen molar-refractivity contribution in [3.8, 4) is 11.4 Å². The summed E-state index contributed by atoms with van der Waals surface area (Å²) in [4.78, 5) is 31.0. The van der Waals surface area contributed by atoms with Crippen molar-refractivity contribution < 1.29 is 4.79 Å². The number of hydrogen-bond acceptors (Lipinski definition) is 5. The van der Waals surface area contributed by atoms with E-state index in [-0.39, 0.29) is 5.91 Å². The molecule has 0 aliphatic carbocycles. The first-order valence-electron chi connectivity index (χ1n) is 8.09. The van der Waals surface area contributed by atoms with Gasteiger partial charge in [0, 0.05) is 69.8 Å². The van der Waals surface area contributed by atoms with Gasteiger partial charge in [-0.05, 0) is 18.6 Å². The summed E-state index contributed by atoms with van der Waals surface area (Å²) in [6.07, 6.45) is 11.9. The van der Waals surface area contributed by atoms with Crippen LogP contribution in [-0.2, 0) is 13.5 Å². The molecule has 3 heterocycles. The van der Waals surface area contributed by atoms with Gasteiger partial charge in [-0.1, -0.05) is 0 Å². The fraction of sp³-hybridized carbons (Fsp3) is 0.278. The zero-order valence-electron chi connectivity index (χ0n) is 14.3. The van der Waals surface area contributed by atoms with Crippen LogP contribution in [0, 0.1) is 0 Å². The minimum atomic E-state index is -0.0823. The van der Waals surface area contributed by atoms with Crippen molar-refractivity contribution in [2.45, 2.75) is 12.8 Å². The van der Waals surface area contributed by atoms with Gasteiger partial charge in [-0.2, -0.15) is 0 Å². The Morgan fingerprint density at radius 3 is 2.48 bits per heavy atom. The number of pyridine rings is 1.